The van der Waals surface area contributed by atoms with Crippen molar-refractivity contribution in [1.29, 1.82) is 0 Å². The van der Waals surface area contributed by atoms with Gasteiger partial charge in [0.2, 0.25) is 0 Å². The predicted molar refractivity (Wildman–Crippen MR) is 103 cm³/mol. The number of piperazine rings is 1. The molecule has 1 saturated heterocycles. The molecule has 6 heteroatoms. The molecule has 26 heavy (non-hydrogen) atoms. The lowest BCUT2D eigenvalue weighted by molar-refractivity contribution is 0.241. The van der Waals surface area contributed by atoms with E-state index in [-0.39, 0.29) is 10.8 Å². The highest BCUT2D eigenvalue weighted by Gasteiger charge is 2.26. The Morgan fingerprint density at radius 3 is 2.19 bits per heavy atom. The van der Waals surface area contributed by atoms with E-state index in [1.165, 1.54) is 0 Å². The highest BCUT2D eigenvalue weighted by Crippen LogP contribution is 2.28. The maximum atomic E-state index is 4.93. The summed E-state index contributed by atoms with van der Waals surface area (Å²) in [6.45, 7) is 17.9. The molecule has 0 aliphatic carbocycles. The SMILES string of the molecule is CC(C)(C)c1cc(N2CCN(Cc3ccon3)CC2)nc(C(C)(C)C)n1. The second kappa shape index (κ2) is 6.99. The molecule has 0 N–H and O–H groups in total. The summed E-state index contributed by atoms with van der Waals surface area (Å²) in [5.41, 5.74) is 2.04. The molecule has 1 aliphatic heterocycles. The van der Waals surface area contributed by atoms with Crippen molar-refractivity contribution in [2.24, 2.45) is 0 Å². The molecule has 0 radical (unpaired) electrons. The second-order valence-electron chi connectivity index (χ2n) is 9.19. The molecule has 0 bridgehead atoms. The van der Waals surface area contributed by atoms with Gasteiger partial charge < -0.3 is 9.42 Å². The van der Waals surface area contributed by atoms with Crippen molar-refractivity contribution in [3.05, 3.63) is 35.6 Å². The molecule has 2 aromatic rings. The first-order chi connectivity index (χ1) is 12.1. The third-order valence-corrected chi connectivity index (χ3v) is 4.73. The molecular weight excluding hydrogens is 326 g/mol. The molecule has 0 aromatic carbocycles. The number of hydrogen-bond acceptors (Lipinski definition) is 6. The van der Waals surface area contributed by atoms with Gasteiger partial charge in [-0.2, -0.15) is 0 Å². The Bertz CT molecular complexity index is 687. The first-order valence-electron chi connectivity index (χ1n) is 9.39. The Morgan fingerprint density at radius 2 is 1.65 bits per heavy atom. The quantitative estimate of drug-likeness (QED) is 0.839. The predicted octanol–water partition coefficient (Wildman–Crippen LogP) is 3.38. The molecule has 3 heterocycles. The van der Waals surface area contributed by atoms with Crippen LogP contribution in [0, 0.1) is 0 Å². The average molecular weight is 358 g/mol. The summed E-state index contributed by atoms with van der Waals surface area (Å²) in [4.78, 5) is 14.6. The van der Waals surface area contributed by atoms with Crippen LogP contribution in [0.5, 0.6) is 0 Å². The molecule has 2 aromatic heterocycles. The molecule has 6 nitrogen and oxygen atoms in total. The number of aromatic nitrogens is 3. The van der Waals surface area contributed by atoms with Gasteiger partial charge in [0.1, 0.15) is 17.9 Å². The van der Waals surface area contributed by atoms with E-state index in [4.69, 9.17) is 14.5 Å². The van der Waals surface area contributed by atoms with Gasteiger partial charge >= 0.3 is 0 Å². The molecule has 0 amide bonds. The van der Waals surface area contributed by atoms with Gasteiger partial charge in [0.25, 0.3) is 0 Å². The van der Waals surface area contributed by atoms with Gasteiger partial charge in [-0.25, -0.2) is 9.97 Å². The van der Waals surface area contributed by atoms with Crippen LogP contribution in [0.4, 0.5) is 5.82 Å². The summed E-state index contributed by atoms with van der Waals surface area (Å²) >= 11 is 0. The van der Waals surface area contributed by atoms with Gasteiger partial charge in [0.15, 0.2) is 0 Å². The number of hydrogen-bond donors (Lipinski definition) is 0. The fraction of sp³-hybridized carbons (Fsp3) is 0.650. The van der Waals surface area contributed by atoms with Crippen LogP contribution in [0.2, 0.25) is 0 Å². The first kappa shape index (κ1) is 18.8. The minimum absolute atomic E-state index is 0.00641. The van der Waals surface area contributed by atoms with E-state index in [0.717, 1.165) is 55.8 Å². The minimum atomic E-state index is -0.0647. The zero-order chi connectivity index (χ0) is 18.9. The molecule has 0 spiro atoms. The molecule has 1 aliphatic rings. The standard InChI is InChI=1S/C20H31N5O/c1-19(2,3)16-13-17(22-18(21-16)20(4,5)6)25-10-8-24(9-11-25)14-15-7-12-26-23-15/h7,12-13H,8-11,14H2,1-6H3. The highest BCUT2D eigenvalue weighted by atomic mass is 16.5. The van der Waals surface area contributed by atoms with E-state index in [1.54, 1.807) is 6.26 Å². The Hall–Kier alpha value is -1.95. The summed E-state index contributed by atoms with van der Waals surface area (Å²) in [6.07, 6.45) is 1.63. The molecule has 0 atom stereocenters. The topological polar surface area (TPSA) is 58.3 Å². The third kappa shape index (κ3) is 4.41. The monoisotopic (exact) mass is 357 g/mol. The van der Waals surface area contributed by atoms with Crippen molar-refractivity contribution in [2.45, 2.75) is 58.9 Å². The Labute approximate surface area is 156 Å². The Balaban J connectivity index is 1.76. The molecule has 1 fully saturated rings. The van der Waals surface area contributed by atoms with Crippen molar-refractivity contribution in [1.82, 2.24) is 20.0 Å². The van der Waals surface area contributed by atoms with E-state index < -0.39 is 0 Å². The van der Waals surface area contributed by atoms with Crippen LogP contribution in [-0.2, 0) is 17.4 Å². The smallest absolute Gasteiger partial charge is 0.136 e. The van der Waals surface area contributed by atoms with Crippen LogP contribution in [0.1, 0.15) is 58.8 Å². The average Bonchev–Trinajstić information content (AvgIpc) is 3.06. The lowest BCUT2D eigenvalue weighted by Crippen LogP contribution is -2.46. The molecule has 142 valence electrons. The zero-order valence-electron chi connectivity index (χ0n) is 16.9. The van der Waals surface area contributed by atoms with Crippen LogP contribution in [0.3, 0.4) is 0 Å². The maximum absolute atomic E-state index is 4.93. The lowest BCUT2D eigenvalue weighted by atomic mass is 9.90. The normalized spacial score (nSPS) is 16.9. The summed E-state index contributed by atoms with van der Waals surface area (Å²) < 4.78 is 4.93. The summed E-state index contributed by atoms with van der Waals surface area (Å²) in [6, 6.07) is 4.10. The maximum Gasteiger partial charge on any atom is 0.136 e. The number of anilines is 1. The van der Waals surface area contributed by atoms with E-state index >= 15 is 0 Å². The van der Waals surface area contributed by atoms with Crippen molar-refractivity contribution < 1.29 is 4.52 Å². The van der Waals surface area contributed by atoms with Crippen molar-refractivity contribution >= 4 is 5.82 Å². The molecule has 0 unspecified atom stereocenters. The van der Waals surface area contributed by atoms with Crippen LogP contribution in [-0.4, -0.2) is 46.2 Å². The van der Waals surface area contributed by atoms with Crippen molar-refractivity contribution in [3.8, 4) is 0 Å². The molecular formula is C20H31N5O. The number of nitrogens with zero attached hydrogens (tertiary/aromatic N) is 5. The van der Waals surface area contributed by atoms with Gasteiger partial charge in [0.05, 0.1) is 11.4 Å². The summed E-state index contributed by atoms with van der Waals surface area (Å²) in [5, 5.41) is 4.01. The van der Waals surface area contributed by atoms with Crippen molar-refractivity contribution in [3.63, 3.8) is 0 Å². The van der Waals surface area contributed by atoms with Crippen LogP contribution in [0.15, 0.2) is 22.9 Å². The van der Waals surface area contributed by atoms with Crippen LogP contribution >= 0.6 is 0 Å². The number of rotatable bonds is 3. The summed E-state index contributed by atoms with van der Waals surface area (Å²) in [5.74, 6) is 1.97. The van der Waals surface area contributed by atoms with Gasteiger partial charge in [-0.15, -0.1) is 0 Å². The lowest BCUT2D eigenvalue weighted by Gasteiger charge is -2.36. The van der Waals surface area contributed by atoms with E-state index in [1.807, 2.05) is 6.07 Å². The second-order valence-corrected chi connectivity index (χ2v) is 9.19. The fourth-order valence-electron chi connectivity index (χ4n) is 3.00. The molecule has 3 rings (SSSR count). The Morgan fingerprint density at radius 1 is 0.962 bits per heavy atom. The van der Waals surface area contributed by atoms with Gasteiger partial charge in [0, 0.05) is 55.7 Å². The minimum Gasteiger partial charge on any atom is -0.364 e. The van der Waals surface area contributed by atoms with Crippen LogP contribution < -0.4 is 4.90 Å². The van der Waals surface area contributed by atoms with E-state index in [2.05, 4.69) is 62.6 Å². The van der Waals surface area contributed by atoms with E-state index in [0.29, 0.717) is 0 Å². The fourth-order valence-corrected chi connectivity index (χ4v) is 3.00. The van der Waals surface area contributed by atoms with E-state index in [9.17, 15) is 0 Å². The largest absolute Gasteiger partial charge is 0.364 e. The first-order valence-corrected chi connectivity index (χ1v) is 9.39. The molecule has 0 saturated carbocycles. The third-order valence-electron chi connectivity index (χ3n) is 4.73. The van der Waals surface area contributed by atoms with Crippen LogP contribution in [0.25, 0.3) is 0 Å². The highest BCUT2D eigenvalue weighted by molar-refractivity contribution is 5.42. The van der Waals surface area contributed by atoms with Gasteiger partial charge in [-0.1, -0.05) is 46.7 Å². The zero-order valence-corrected chi connectivity index (χ0v) is 16.9. The van der Waals surface area contributed by atoms with Crippen molar-refractivity contribution in [2.75, 3.05) is 31.1 Å². The summed E-state index contributed by atoms with van der Waals surface area (Å²) in [7, 11) is 0. The van der Waals surface area contributed by atoms with Gasteiger partial charge in [-0.3, -0.25) is 4.90 Å². The Kier molecular flexibility index (Phi) is 5.06. The van der Waals surface area contributed by atoms with Gasteiger partial charge in [-0.05, 0) is 0 Å².